The maximum Gasteiger partial charge on any atom is 0.248 e. The molecule has 1 N–H and O–H groups in total. The number of fused-ring (bicyclic) bond motifs is 1. The summed E-state index contributed by atoms with van der Waals surface area (Å²) in [4.78, 5) is 26.7. The van der Waals surface area contributed by atoms with Crippen LogP contribution in [0.1, 0.15) is 60.3 Å². The van der Waals surface area contributed by atoms with Crippen molar-refractivity contribution in [3.8, 4) is 0 Å². The fourth-order valence-corrected chi connectivity index (χ4v) is 4.42. The van der Waals surface area contributed by atoms with E-state index in [-0.39, 0.29) is 17.1 Å². The van der Waals surface area contributed by atoms with Crippen LogP contribution in [0.15, 0.2) is 42.5 Å². The lowest BCUT2D eigenvalue weighted by Gasteiger charge is -2.39. The molecule has 4 heteroatoms. The van der Waals surface area contributed by atoms with Gasteiger partial charge in [-0.05, 0) is 54.8 Å². The molecule has 0 aromatic heterocycles. The first kappa shape index (κ1) is 21.0. The minimum absolute atomic E-state index is 0.0136. The van der Waals surface area contributed by atoms with Gasteiger partial charge in [-0.3, -0.25) is 9.59 Å². The van der Waals surface area contributed by atoms with Crippen molar-refractivity contribution in [2.75, 3.05) is 18.9 Å². The number of amides is 1. The van der Waals surface area contributed by atoms with Crippen molar-refractivity contribution in [2.24, 2.45) is 0 Å². The fourth-order valence-electron chi connectivity index (χ4n) is 4.42. The second-order valence-electron chi connectivity index (χ2n) is 8.49. The minimum atomic E-state index is -0.193. The average Bonchev–Trinajstić information content (AvgIpc) is 2.65. The number of carbonyl (C=O) groups is 2. The van der Waals surface area contributed by atoms with E-state index in [0.29, 0.717) is 5.56 Å². The third kappa shape index (κ3) is 4.48. The number of carbonyl (C=O) groups excluding carboxylic acids is 2. The number of Topliss-reactive ketones (excluding diaryl/α,β-unsaturated/α-hetero) is 1. The van der Waals surface area contributed by atoms with Crippen molar-refractivity contribution in [1.82, 2.24) is 4.90 Å². The first-order valence-electron chi connectivity index (χ1n) is 10.2. The molecule has 3 rings (SSSR count). The highest BCUT2D eigenvalue weighted by Gasteiger charge is 2.32. The van der Waals surface area contributed by atoms with Crippen molar-refractivity contribution in [2.45, 2.75) is 46.1 Å². The highest BCUT2D eigenvalue weighted by molar-refractivity contribution is 6.04. The van der Waals surface area contributed by atoms with Gasteiger partial charge in [-0.15, -0.1) is 0 Å². The fraction of sp³-hybridized carbons (Fsp3) is 0.360. The largest absolute Gasteiger partial charge is 0.322 e. The molecule has 0 radical (unpaired) electrons. The summed E-state index contributed by atoms with van der Waals surface area (Å²) in [6, 6.07) is 11.5. The molecule has 4 nitrogen and oxygen atoms in total. The predicted molar refractivity (Wildman–Crippen MR) is 119 cm³/mol. The Morgan fingerprint density at radius 1 is 1.17 bits per heavy atom. The molecule has 0 bridgehead atoms. The molecular weight excluding hydrogens is 360 g/mol. The van der Waals surface area contributed by atoms with Crippen LogP contribution in [-0.2, 0) is 23.2 Å². The second-order valence-corrected chi connectivity index (χ2v) is 8.49. The van der Waals surface area contributed by atoms with Crippen LogP contribution in [-0.4, -0.2) is 30.2 Å². The monoisotopic (exact) mass is 390 g/mol. The number of hydrogen-bond donors (Lipinski definition) is 1. The van der Waals surface area contributed by atoms with Crippen LogP contribution < -0.4 is 5.32 Å². The lowest BCUT2D eigenvalue weighted by atomic mass is 9.76. The van der Waals surface area contributed by atoms with Gasteiger partial charge in [0.05, 0.1) is 0 Å². The third-order valence-electron chi connectivity index (χ3n) is 5.62. The van der Waals surface area contributed by atoms with Gasteiger partial charge in [0.15, 0.2) is 5.78 Å². The van der Waals surface area contributed by atoms with Gasteiger partial charge in [-0.2, -0.15) is 0 Å². The summed E-state index contributed by atoms with van der Waals surface area (Å²) in [5, 5.41) is 3.04. The van der Waals surface area contributed by atoms with Crippen molar-refractivity contribution in [3.05, 3.63) is 70.3 Å². The smallest absolute Gasteiger partial charge is 0.248 e. The molecule has 1 aliphatic rings. The van der Waals surface area contributed by atoms with E-state index >= 15 is 0 Å². The van der Waals surface area contributed by atoms with E-state index in [1.165, 1.54) is 29.7 Å². The van der Waals surface area contributed by atoms with Crippen LogP contribution in [0.3, 0.4) is 0 Å². The first-order chi connectivity index (χ1) is 13.7. The molecule has 0 fully saturated rings. The Morgan fingerprint density at radius 3 is 2.59 bits per heavy atom. The van der Waals surface area contributed by atoms with Crippen LogP contribution in [0.25, 0.3) is 6.08 Å². The van der Waals surface area contributed by atoms with E-state index in [1.54, 1.807) is 12.1 Å². The number of hydrogen-bond acceptors (Lipinski definition) is 3. The number of ketones is 1. The van der Waals surface area contributed by atoms with E-state index in [0.717, 1.165) is 30.8 Å². The molecule has 0 saturated heterocycles. The Morgan fingerprint density at radius 2 is 1.90 bits per heavy atom. The third-order valence-corrected chi connectivity index (χ3v) is 5.62. The quantitative estimate of drug-likeness (QED) is 0.588. The first-order valence-corrected chi connectivity index (χ1v) is 10.2. The van der Waals surface area contributed by atoms with Gasteiger partial charge in [0.25, 0.3) is 0 Å². The maximum atomic E-state index is 12.6. The number of nitrogens with zero attached hydrogens (tertiary/aromatic N) is 1. The minimum Gasteiger partial charge on any atom is -0.322 e. The Hall–Kier alpha value is -2.72. The molecule has 2 aromatic rings. The predicted octanol–water partition coefficient (Wildman–Crippen LogP) is 4.83. The Labute approximate surface area is 173 Å². The van der Waals surface area contributed by atoms with Gasteiger partial charge >= 0.3 is 0 Å². The lowest BCUT2D eigenvalue weighted by Crippen LogP contribution is -2.40. The number of nitrogens with one attached hydrogen (secondary N) is 1. The van der Waals surface area contributed by atoms with E-state index in [9.17, 15) is 9.59 Å². The topological polar surface area (TPSA) is 49.4 Å². The van der Waals surface area contributed by atoms with Gasteiger partial charge in [-0.1, -0.05) is 51.1 Å². The van der Waals surface area contributed by atoms with Crippen LogP contribution in [0.4, 0.5) is 5.69 Å². The zero-order valence-corrected chi connectivity index (χ0v) is 18.0. The normalized spacial score (nSPS) is 15.9. The standard InChI is InChI=1S/C25H30N2O2/c1-6-19-21-15-27(5)16-25(3,4)22(21)12-13-23(19)26-24(29)14-11-18-9-7-8-10-20(18)17(2)28/h7-14H,6,15-16H2,1-5H3,(H,26,29)/b14-11+. The Balaban J connectivity index is 1.87. The summed E-state index contributed by atoms with van der Waals surface area (Å²) in [5.74, 6) is -0.207. The maximum absolute atomic E-state index is 12.6. The molecule has 0 atom stereocenters. The van der Waals surface area contributed by atoms with Crippen LogP contribution in [0.2, 0.25) is 0 Å². The van der Waals surface area contributed by atoms with E-state index in [4.69, 9.17) is 0 Å². The zero-order valence-electron chi connectivity index (χ0n) is 18.0. The Kier molecular flexibility index (Phi) is 6.04. The highest BCUT2D eigenvalue weighted by atomic mass is 16.1. The number of rotatable bonds is 5. The lowest BCUT2D eigenvalue weighted by molar-refractivity contribution is -0.111. The summed E-state index contributed by atoms with van der Waals surface area (Å²) in [7, 11) is 2.14. The van der Waals surface area contributed by atoms with Crippen molar-refractivity contribution >= 4 is 23.5 Å². The molecule has 0 unspecified atom stereocenters. The van der Waals surface area contributed by atoms with E-state index < -0.39 is 0 Å². The van der Waals surface area contributed by atoms with E-state index in [2.05, 4.69) is 44.1 Å². The molecule has 2 aromatic carbocycles. The number of benzene rings is 2. The highest BCUT2D eigenvalue weighted by Crippen LogP contribution is 2.37. The summed E-state index contributed by atoms with van der Waals surface area (Å²) < 4.78 is 0. The van der Waals surface area contributed by atoms with Crippen molar-refractivity contribution < 1.29 is 9.59 Å². The molecule has 0 saturated carbocycles. The number of anilines is 1. The SMILES string of the molecule is CCc1c(NC(=O)/C=C/c2ccccc2C(C)=O)ccc2c1CN(C)CC2(C)C. The zero-order chi connectivity index (χ0) is 21.2. The molecule has 29 heavy (non-hydrogen) atoms. The van der Waals surface area contributed by atoms with Crippen LogP contribution >= 0.6 is 0 Å². The Bertz CT molecular complexity index is 973. The van der Waals surface area contributed by atoms with Gasteiger partial charge in [0, 0.05) is 35.8 Å². The van der Waals surface area contributed by atoms with Gasteiger partial charge in [0.1, 0.15) is 0 Å². The van der Waals surface area contributed by atoms with Gasteiger partial charge < -0.3 is 10.2 Å². The molecule has 0 spiro atoms. The van der Waals surface area contributed by atoms with Gasteiger partial charge in [-0.25, -0.2) is 0 Å². The molecule has 1 aliphatic heterocycles. The summed E-state index contributed by atoms with van der Waals surface area (Å²) in [6.07, 6.45) is 4.06. The summed E-state index contributed by atoms with van der Waals surface area (Å²) in [6.45, 7) is 10.1. The van der Waals surface area contributed by atoms with Crippen molar-refractivity contribution in [1.29, 1.82) is 0 Å². The number of likely N-dealkylation sites (N-methyl/N-ethyl adjacent to an activating group) is 1. The molecule has 152 valence electrons. The second kappa shape index (κ2) is 8.34. The molecule has 1 heterocycles. The summed E-state index contributed by atoms with van der Waals surface area (Å²) >= 11 is 0. The summed E-state index contributed by atoms with van der Waals surface area (Å²) in [5.41, 5.74) is 6.22. The van der Waals surface area contributed by atoms with Crippen LogP contribution in [0.5, 0.6) is 0 Å². The molecule has 0 aliphatic carbocycles. The molecular formula is C25H30N2O2. The average molecular weight is 391 g/mol. The van der Waals surface area contributed by atoms with Crippen LogP contribution in [0, 0.1) is 0 Å². The van der Waals surface area contributed by atoms with Gasteiger partial charge in [0.2, 0.25) is 5.91 Å². The van der Waals surface area contributed by atoms with Crippen molar-refractivity contribution in [3.63, 3.8) is 0 Å². The molecule has 1 amide bonds. The van der Waals surface area contributed by atoms with E-state index in [1.807, 2.05) is 24.3 Å².